The lowest BCUT2D eigenvalue weighted by Gasteiger charge is -2.31. The zero-order valence-corrected chi connectivity index (χ0v) is 9.53. The Morgan fingerprint density at radius 2 is 2.06 bits per heavy atom. The number of hydrogen-bond acceptors (Lipinski definition) is 4. The molecule has 0 spiro atoms. The van der Waals surface area contributed by atoms with Crippen molar-refractivity contribution < 1.29 is 14.2 Å². The highest BCUT2D eigenvalue weighted by molar-refractivity contribution is 5.50. The summed E-state index contributed by atoms with van der Waals surface area (Å²) >= 11 is 0. The second kappa shape index (κ2) is 3.64. The number of ether oxygens (including phenoxy) is 3. The second-order valence-corrected chi connectivity index (χ2v) is 4.33. The molecule has 0 saturated heterocycles. The van der Waals surface area contributed by atoms with Gasteiger partial charge in [0, 0.05) is 20.2 Å². The molecule has 2 aliphatic rings. The minimum absolute atomic E-state index is 0.128. The van der Waals surface area contributed by atoms with E-state index in [9.17, 15) is 0 Å². The van der Waals surface area contributed by atoms with Crippen LogP contribution >= 0.6 is 0 Å². The van der Waals surface area contributed by atoms with Crippen molar-refractivity contribution in [1.29, 1.82) is 0 Å². The first-order chi connectivity index (χ1) is 7.78. The third-order valence-corrected chi connectivity index (χ3v) is 3.18. The lowest BCUT2D eigenvalue weighted by Crippen LogP contribution is -2.31. The normalized spacial score (nSPS) is 23.2. The molecule has 4 nitrogen and oxygen atoms in total. The first-order valence-electron chi connectivity index (χ1n) is 5.41. The van der Waals surface area contributed by atoms with Crippen LogP contribution in [0.2, 0.25) is 0 Å². The van der Waals surface area contributed by atoms with Crippen LogP contribution in [0.15, 0.2) is 12.1 Å². The number of hydrogen-bond donors (Lipinski definition) is 0. The van der Waals surface area contributed by atoms with E-state index in [2.05, 4.69) is 24.1 Å². The Kier molecular flexibility index (Phi) is 2.26. The molecule has 0 aliphatic carbocycles. The van der Waals surface area contributed by atoms with E-state index in [4.69, 9.17) is 14.2 Å². The van der Waals surface area contributed by atoms with Gasteiger partial charge in [0.2, 0.25) is 6.79 Å². The summed E-state index contributed by atoms with van der Waals surface area (Å²) in [6.07, 6.45) is 0.128. The van der Waals surface area contributed by atoms with Crippen molar-refractivity contribution in [3.05, 3.63) is 23.3 Å². The molecule has 0 aromatic heterocycles. The molecule has 4 heteroatoms. The molecule has 1 aromatic rings. The maximum Gasteiger partial charge on any atom is 0.231 e. The van der Waals surface area contributed by atoms with Crippen LogP contribution in [0.3, 0.4) is 0 Å². The number of methoxy groups -OCH3 is 1. The monoisotopic (exact) mass is 221 g/mol. The van der Waals surface area contributed by atoms with E-state index in [0.29, 0.717) is 6.79 Å². The number of rotatable bonds is 1. The van der Waals surface area contributed by atoms with Crippen molar-refractivity contribution in [2.75, 3.05) is 27.5 Å². The molecule has 2 heterocycles. The van der Waals surface area contributed by atoms with Gasteiger partial charge in [-0.1, -0.05) is 0 Å². The van der Waals surface area contributed by atoms with Crippen molar-refractivity contribution in [2.24, 2.45) is 0 Å². The summed E-state index contributed by atoms with van der Waals surface area (Å²) in [5, 5.41) is 0. The molecule has 0 N–H and O–H groups in total. The third kappa shape index (κ3) is 1.45. The molecular weight excluding hydrogens is 206 g/mol. The predicted molar refractivity (Wildman–Crippen MR) is 58.6 cm³/mol. The maximum atomic E-state index is 5.51. The molecule has 0 bridgehead atoms. The van der Waals surface area contributed by atoms with Gasteiger partial charge in [0.25, 0.3) is 0 Å². The Hall–Kier alpha value is -1.26. The van der Waals surface area contributed by atoms with Crippen molar-refractivity contribution in [1.82, 2.24) is 4.90 Å². The van der Waals surface area contributed by atoms with Gasteiger partial charge in [0.05, 0.1) is 6.10 Å². The second-order valence-electron chi connectivity index (χ2n) is 4.33. The largest absolute Gasteiger partial charge is 0.454 e. The predicted octanol–water partition coefficient (Wildman–Crippen LogP) is 1.55. The molecule has 16 heavy (non-hydrogen) atoms. The molecule has 2 aliphatic heterocycles. The van der Waals surface area contributed by atoms with Gasteiger partial charge >= 0.3 is 0 Å². The maximum absolute atomic E-state index is 5.51. The SMILES string of the molecule is CO[C@@H]1CN(C)Cc2cc3c(cc21)OCO3. The number of nitrogens with zero attached hydrogens (tertiary/aromatic N) is 1. The van der Waals surface area contributed by atoms with Crippen molar-refractivity contribution in [3.8, 4) is 11.5 Å². The molecule has 0 fully saturated rings. The highest BCUT2D eigenvalue weighted by atomic mass is 16.7. The Morgan fingerprint density at radius 3 is 2.81 bits per heavy atom. The lowest BCUT2D eigenvalue weighted by molar-refractivity contribution is 0.0576. The summed E-state index contributed by atoms with van der Waals surface area (Å²) in [5.41, 5.74) is 2.50. The van der Waals surface area contributed by atoms with Crippen LogP contribution in [0.1, 0.15) is 17.2 Å². The van der Waals surface area contributed by atoms with E-state index in [-0.39, 0.29) is 6.10 Å². The molecule has 0 amide bonds. The molecule has 1 aromatic carbocycles. The smallest absolute Gasteiger partial charge is 0.231 e. The average molecular weight is 221 g/mol. The molecule has 0 unspecified atom stereocenters. The van der Waals surface area contributed by atoms with Gasteiger partial charge < -0.3 is 14.2 Å². The van der Waals surface area contributed by atoms with E-state index in [1.807, 2.05) is 0 Å². The average Bonchev–Trinajstić information content (AvgIpc) is 2.72. The van der Waals surface area contributed by atoms with Gasteiger partial charge in [-0.05, 0) is 30.3 Å². The lowest BCUT2D eigenvalue weighted by atomic mass is 9.97. The van der Waals surface area contributed by atoms with E-state index < -0.39 is 0 Å². The van der Waals surface area contributed by atoms with E-state index in [1.165, 1.54) is 11.1 Å². The van der Waals surface area contributed by atoms with Crippen LogP contribution < -0.4 is 9.47 Å². The summed E-state index contributed by atoms with van der Waals surface area (Å²) < 4.78 is 16.3. The van der Waals surface area contributed by atoms with Crippen molar-refractivity contribution in [3.63, 3.8) is 0 Å². The van der Waals surface area contributed by atoms with E-state index >= 15 is 0 Å². The van der Waals surface area contributed by atoms with Gasteiger partial charge in [0.1, 0.15) is 0 Å². The van der Waals surface area contributed by atoms with Crippen LogP contribution in [-0.2, 0) is 11.3 Å². The fourth-order valence-electron chi connectivity index (χ4n) is 2.37. The zero-order valence-electron chi connectivity index (χ0n) is 9.53. The van der Waals surface area contributed by atoms with Crippen LogP contribution in [0.5, 0.6) is 11.5 Å². The van der Waals surface area contributed by atoms with Gasteiger partial charge in [-0.15, -0.1) is 0 Å². The fraction of sp³-hybridized carbons (Fsp3) is 0.500. The Labute approximate surface area is 94.7 Å². The number of likely N-dealkylation sites (N-methyl/N-ethyl adjacent to an activating group) is 1. The van der Waals surface area contributed by atoms with Crippen LogP contribution in [0.25, 0.3) is 0 Å². The fourth-order valence-corrected chi connectivity index (χ4v) is 2.37. The van der Waals surface area contributed by atoms with Gasteiger partial charge in [-0.2, -0.15) is 0 Å². The molecule has 0 radical (unpaired) electrons. The van der Waals surface area contributed by atoms with Gasteiger partial charge in [-0.3, -0.25) is 4.90 Å². The summed E-state index contributed by atoms with van der Waals surface area (Å²) in [6.45, 7) is 2.18. The Bertz CT molecular complexity index is 419. The zero-order chi connectivity index (χ0) is 11.1. The molecule has 0 saturated carbocycles. The Morgan fingerprint density at radius 1 is 1.31 bits per heavy atom. The van der Waals surface area contributed by atoms with E-state index in [1.54, 1.807) is 7.11 Å². The first-order valence-corrected chi connectivity index (χ1v) is 5.41. The molecule has 86 valence electrons. The third-order valence-electron chi connectivity index (χ3n) is 3.18. The quantitative estimate of drug-likeness (QED) is 0.720. The van der Waals surface area contributed by atoms with E-state index in [0.717, 1.165) is 24.6 Å². The van der Waals surface area contributed by atoms with Gasteiger partial charge in [0.15, 0.2) is 11.5 Å². The van der Waals surface area contributed by atoms with Gasteiger partial charge in [-0.25, -0.2) is 0 Å². The van der Waals surface area contributed by atoms with Crippen LogP contribution in [-0.4, -0.2) is 32.4 Å². The number of fused-ring (bicyclic) bond motifs is 2. The highest BCUT2D eigenvalue weighted by Gasteiger charge is 2.27. The number of benzene rings is 1. The molecule has 1 atom stereocenters. The van der Waals surface area contributed by atoms with Crippen LogP contribution in [0.4, 0.5) is 0 Å². The first kappa shape index (κ1) is 9.93. The van der Waals surface area contributed by atoms with Crippen molar-refractivity contribution in [2.45, 2.75) is 12.6 Å². The minimum atomic E-state index is 0.128. The minimum Gasteiger partial charge on any atom is -0.454 e. The topological polar surface area (TPSA) is 30.9 Å². The standard InChI is InChI=1S/C12H15NO3/c1-13-5-8-3-10-11(16-7-15-10)4-9(8)12(6-13)14-2/h3-4,12H,5-7H2,1-2H3/t12-/m1/s1. The van der Waals surface area contributed by atoms with Crippen molar-refractivity contribution >= 4 is 0 Å². The summed E-state index contributed by atoms with van der Waals surface area (Å²) in [5.74, 6) is 1.69. The van der Waals surface area contributed by atoms with Crippen LogP contribution in [0, 0.1) is 0 Å². The Balaban J connectivity index is 2.07. The molecule has 3 rings (SSSR count). The molecular formula is C12H15NO3. The highest BCUT2D eigenvalue weighted by Crippen LogP contribution is 2.39. The summed E-state index contributed by atoms with van der Waals surface area (Å²) in [7, 11) is 3.84. The summed E-state index contributed by atoms with van der Waals surface area (Å²) in [6, 6.07) is 4.12. The summed E-state index contributed by atoms with van der Waals surface area (Å²) in [4.78, 5) is 2.25.